The van der Waals surface area contributed by atoms with Crippen molar-refractivity contribution in [3.63, 3.8) is 0 Å². The molecule has 2 heterocycles. The van der Waals surface area contributed by atoms with Gasteiger partial charge in [-0.2, -0.15) is 0 Å². The zero-order valence-electron chi connectivity index (χ0n) is 17.4. The Bertz CT molecular complexity index is 1000. The lowest BCUT2D eigenvalue weighted by Gasteiger charge is -2.30. The van der Waals surface area contributed by atoms with Crippen LogP contribution in [0.15, 0.2) is 66.7 Å². The van der Waals surface area contributed by atoms with Gasteiger partial charge in [-0.1, -0.05) is 80.4 Å². The second-order valence-corrected chi connectivity index (χ2v) is 8.17. The molecule has 0 saturated carbocycles. The molecule has 0 bridgehead atoms. The van der Waals surface area contributed by atoms with Crippen molar-refractivity contribution in [2.45, 2.75) is 37.8 Å². The first kappa shape index (κ1) is 21.0. The summed E-state index contributed by atoms with van der Waals surface area (Å²) in [6, 6.07) is 17.8. The smallest absolute Gasteiger partial charge is 0.324 e. The van der Waals surface area contributed by atoms with Crippen LogP contribution in [0, 0.1) is 11.8 Å². The number of amides is 2. The third-order valence-corrected chi connectivity index (χ3v) is 6.31. The number of fused-ring (bicyclic) bond motifs is 1. The number of hydrogen-bond donors (Lipinski definition) is 2. The average Bonchev–Trinajstić information content (AvgIpc) is 3.26. The molecule has 2 fully saturated rings. The third-order valence-electron chi connectivity index (χ3n) is 6.31. The normalized spacial score (nSPS) is 27.8. The van der Waals surface area contributed by atoms with Crippen molar-refractivity contribution in [1.82, 2.24) is 5.32 Å². The molecule has 2 N–H and O–H groups in total. The van der Waals surface area contributed by atoms with Crippen molar-refractivity contribution >= 4 is 29.5 Å². The quantitative estimate of drug-likeness (QED) is 0.672. The summed E-state index contributed by atoms with van der Waals surface area (Å²) < 4.78 is 0. The Morgan fingerprint density at radius 3 is 2.32 bits per heavy atom. The Balaban J connectivity index is 1.76. The van der Waals surface area contributed by atoms with E-state index in [0.29, 0.717) is 12.1 Å². The number of imide groups is 1. The maximum Gasteiger partial charge on any atom is 0.324 e. The number of benzene rings is 2. The van der Waals surface area contributed by atoms with Gasteiger partial charge in [-0.05, 0) is 24.1 Å². The highest BCUT2D eigenvalue weighted by atomic mass is 16.4. The number of nitrogens with zero attached hydrogens (tertiary/aromatic N) is 1. The lowest BCUT2D eigenvalue weighted by Crippen LogP contribution is -2.56. The number of aliphatic carboxylic acids is 1. The predicted octanol–water partition coefficient (Wildman–Crippen LogP) is 3.49. The standard InChI is InChI=1S/C25H26N2O4/c1-2-3-16-25(24(30)31)21-20(19(26-25)15-14-17-10-6-4-7-11-17)22(28)27(23(21)29)18-12-8-5-9-13-18/h4-15,19-21,26H,2-3,16H2,1H3,(H,30,31)/b15-14+. The molecule has 0 aliphatic carbocycles. The Morgan fingerprint density at radius 2 is 1.71 bits per heavy atom. The van der Waals surface area contributed by atoms with Crippen LogP contribution in [0.2, 0.25) is 0 Å². The molecule has 0 spiro atoms. The summed E-state index contributed by atoms with van der Waals surface area (Å²) in [5.41, 5.74) is -0.0470. The summed E-state index contributed by atoms with van der Waals surface area (Å²) in [5, 5.41) is 13.4. The van der Waals surface area contributed by atoms with E-state index in [1.807, 2.05) is 55.5 Å². The van der Waals surface area contributed by atoms with Gasteiger partial charge in [0.15, 0.2) is 0 Å². The number of hydrogen-bond acceptors (Lipinski definition) is 4. The van der Waals surface area contributed by atoms with Gasteiger partial charge >= 0.3 is 5.97 Å². The molecule has 2 aliphatic rings. The molecular weight excluding hydrogens is 392 g/mol. The zero-order chi connectivity index (χ0) is 22.0. The van der Waals surface area contributed by atoms with E-state index < -0.39 is 35.3 Å². The van der Waals surface area contributed by atoms with E-state index >= 15 is 0 Å². The molecule has 31 heavy (non-hydrogen) atoms. The number of anilines is 1. The van der Waals surface area contributed by atoms with Crippen LogP contribution in [-0.4, -0.2) is 34.5 Å². The summed E-state index contributed by atoms with van der Waals surface area (Å²) in [4.78, 5) is 40.6. The second kappa shape index (κ2) is 8.47. The Morgan fingerprint density at radius 1 is 1.06 bits per heavy atom. The maximum absolute atomic E-state index is 13.5. The minimum absolute atomic E-state index is 0.289. The lowest BCUT2D eigenvalue weighted by molar-refractivity contribution is -0.149. The molecule has 2 saturated heterocycles. The van der Waals surface area contributed by atoms with E-state index in [0.717, 1.165) is 12.0 Å². The first-order chi connectivity index (χ1) is 15.0. The van der Waals surface area contributed by atoms with E-state index in [2.05, 4.69) is 5.32 Å². The van der Waals surface area contributed by atoms with Gasteiger partial charge in [-0.3, -0.25) is 19.7 Å². The molecule has 2 aromatic carbocycles. The fraction of sp³-hybridized carbons (Fsp3) is 0.320. The van der Waals surface area contributed by atoms with Crippen molar-refractivity contribution < 1.29 is 19.5 Å². The van der Waals surface area contributed by atoms with E-state index in [1.54, 1.807) is 24.3 Å². The molecule has 6 heteroatoms. The Hall–Kier alpha value is -3.25. The van der Waals surface area contributed by atoms with Crippen molar-refractivity contribution in [2.75, 3.05) is 4.90 Å². The molecule has 0 radical (unpaired) electrons. The highest BCUT2D eigenvalue weighted by molar-refractivity contribution is 6.24. The van der Waals surface area contributed by atoms with Crippen LogP contribution < -0.4 is 10.2 Å². The molecule has 160 valence electrons. The third kappa shape index (κ3) is 3.57. The number of carbonyl (C=O) groups is 3. The van der Waals surface area contributed by atoms with Crippen molar-refractivity contribution in [3.05, 3.63) is 72.3 Å². The fourth-order valence-electron chi connectivity index (χ4n) is 4.81. The molecule has 4 unspecified atom stereocenters. The summed E-state index contributed by atoms with van der Waals surface area (Å²) in [6.45, 7) is 1.98. The first-order valence-electron chi connectivity index (χ1n) is 10.7. The number of unbranched alkanes of at least 4 members (excludes halogenated alkanes) is 1. The van der Waals surface area contributed by atoms with Gasteiger partial charge in [0.25, 0.3) is 0 Å². The summed E-state index contributed by atoms with van der Waals surface area (Å²) in [6.07, 6.45) is 5.42. The minimum atomic E-state index is -1.47. The molecule has 0 aromatic heterocycles. The first-order valence-corrected chi connectivity index (χ1v) is 10.7. The number of carbonyl (C=O) groups excluding carboxylic acids is 2. The van der Waals surface area contributed by atoms with E-state index in [1.165, 1.54) is 4.90 Å². The molecular formula is C25H26N2O4. The van der Waals surface area contributed by atoms with Gasteiger partial charge < -0.3 is 5.11 Å². The van der Waals surface area contributed by atoms with Gasteiger partial charge in [-0.15, -0.1) is 0 Å². The van der Waals surface area contributed by atoms with Crippen LogP contribution in [0.25, 0.3) is 6.08 Å². The summed E-state index contributed by atoms with van der Waals surface area (Å²) in [7, 11) is 0. The number of carboxylic acid groups (broad SMARTS) is 1. The molecule has 6 nitrogen and oxygen atoms in total. The maximum atomic E-state index is 13.5. The van der Waals surface area contributed by atoms with Gasteiger partial charge in [0, 0.05) is 6.04 Å². The predicted molar refractivity (Wildman–Crippen MR) is 118 cm³/mol. The second-order valence-electron chi connectivity index (χ2n) is 8.17. The van der Waals surface area contributed by atoms with Gasteiger partial charge in [0.1, 0.15) is 5.54 Å². The fourth-order valence-corrected chi connectivity index (χ4v) is 4.81. The largest absolute Gasteiger partial charge is 0.480 e. The Labute approximate surface area is 181 Å². The van der Waals surface area contributed by atoms with Crippen molar-refractivity contribution in [1.29, 1.82) is 0 Å². The molecule has 4 rings (SSSR count). The van der Waals surface area contributed by atoms with E-state index in [4.69, 9.17) is 0 Å². The number of rotatable bonds is 7. The van der Waals surface area contributed by atoms with E-state index in [-0.39, 0.29) is 12.3 Å². The van der Waals surface area contributed by atoms with Crippen LogP contribution in [0.4, 0.5) is 5.69 Å². The van der Waals surface area contributed by atoms with Gasteiger partial charge in [-0.25, -0.2) is 4.90 Å². The highest BCUT2D eigenvalue weighted by Crippen LogP contribution is 2.47. The summed E-state index contributed by atoms with van der Waals surface area (Å²) in [5.74, 6) is -3.59. The van der Waals surface area contributed by atoms with Gasteiger partial charge in [0.05, 0.1) is 17.5 Å². The highest BCUT2D eigenvalue weighted by Gasteiger charge is 2.67. The average molecular weight is 418 g/mol. The number of carboxylic acids is 1. The number of nitrogens with one attached hydrogen (secondary N) is 1. The molecule has 2 aliphatic heterocycles. The van der Waals surface area contributed by atoms with Crippen LogP contribution in [0.3, 0.4) is 0 Å². The van der Waals surface area contributed by atoms with Crippen molar-refractivity contribution in [2.24, 2.45) is 11.8 Å². The SMILES string of the molecule is CCCCC1(C(=O)O)NC(/C=C/c2ccccc2)C2C(=O)N(c3ccccc3)C(=O)C21. The van der Waals surface area contributed by atoms with Crippen LogP contribution >= 0.6 is 0 Å². The van der Waals surface area contributed by atoms with Crippen molar-refractivity contribution in [3.8, 4) is 0 Å². The number of para-hydroxylation sites is 1. The molecule has 2 aromatic rings. The monoisotopic (exact) mass is 418 g/mol. The molecule has 2 amide bonds. The Kier molecular flexibility index (Phi) is 5.74. The van der Waals surface area contributed by atoms with Crippen LogP contribution in [0.5, 0.6) is 0 Å². The zero-order valence-corrected chi connectivity index (χ0v) is 17.4. The van der Waals surface area contributed by atoms with Crippen LogP contribution in [-0.2, 0) is 14.4 Å². The van der Waals surface area contributed by atoms with E-state index in [9.17, 15) is 19.5 Å². The summed E-state index contributed by atoms with van der Waals surface area (Å²) >= 11 is 0. The topological polar surface area (TPSA) is 86.7 Å². The van der Waals surface area contributed by atoms with Crippen LogP contribution in [0.1, 0.15) is 31.7 Å². The minimum Gasteiger partial charge on any atom is -0.480 e. The van der Waals surface area contributed by atoms with Gasteiger partial charge in [0.2, 0.25) is 11.8 Å². The molecule has 4 atom stereocenters. The lowest BCUT2D eigenvalue weighted by atomic mass is 9.77.